The molecule has 2 aliphatic heterocycles. The zero-order chi connectivity index (χ0) is 24.7. The SMILES string of the molecule is CC[C@H](c1ccc(F)cc1)c1cnc(C(=O)N2CCC[C@@]3(C2)OC(=O)Nc2ccc(Cl)c(F)c23)[nH]1. The summed E-state index contributed by atoms with van der Waals surface area (Å²) < 4.78 is 34.1. The number of hydrogen-bond donors (Lipinski definition) is 2. The fourth-order valence-electron chi connectivity index (χ4n) is 5.05. The van der Waals surface area contributed by atoms with Crippen LogP contribution in [0.3, 0.4) is 0 Å². The summed E-state index contributed by atoms with van der Waals surface area (Å²) in [6.45, 7) is 2.36. The molecule has 35 heavy (non-hydrogen) atoms. The molecule has 7 nitrogen and oxygen atoms in total. The van der Waals surface area contributed by atoms with Gasteiger partial charge in [-0.3, -0.25) is 10.1 Å². The molecule has 3 aromatic rings. The first-order valence-corrected chi connectivity index (χ1v) is 11.8. The summed E-state index contributed by atoms with van der Waals surface area (Å²) in [5.41, 5.74) is 0.702. The number of anilines is 1. The van der Waals surface area contributed by atoms with Crippen molar-refractivity contribution in [3.05, 3.63) is 81.9 Å². The number of H-pyrrole nitrogens is 1. The minimum absolute atomic E-state index is 0.0330. The summed E-state index contributed by atoms with van der Waals surface area (Å²) in [5.74, 6) is -1.34. The number of fused-ring (bicyclic) bond motifs is 2. The highest BCUT2D eigenvalue weighted by Crippen LogP contribution is 2.45. The molecule has 0 aliphatic carbocycles. The van der Waals surface area contributed by atoms with Gasteiger partial charge in [-0.15, -0.1) is 0 Å². The van der Waals surface area contributed by atoms with E-state index in [1.165, 1.54) is 29.2 Å². The summed E-state index contributed by atoms with van der Waals surface area (Å²) >= 11 is 6.02. The summed E-state index contributed by atoms with van der Waals surface area (Å²) in [6, 6.07) is 9.12. The molecule has 1 saturated heterocycles. The molecule has 2 N–H and O–H groups in total. The molecule has 0 bridgehead atoms. The number of aromatic nitrogens is 2. The molecule has 182 valence electrons. The summed E-state index contributed by atoms with van der Waals surface area (Å²) in [5, 5.41) is 2.42. The Kier molecular flexibility index (Phi) is 5.96. The number of halogens is 3. The average Bonchev–Trinajstić information content (AvgIpc) is 3.32. The van der Waals surface area contributed by atoms with Crippen LogP contribution >= 0.6 is 11.6 Å². The smallest absolute Gasteiger partial charge is 0.412 e. The molecule has 2 aliphatic rings. The van der Waals surface area contributed by atoms with E-state index in [0.29, 0.717) is 25.8 Å². The first kappa shape index (κ1) is 23.3. The third kappa shape index (κ3) is 4.14. The van der Waals surface area contributed by atoms with Crippen LogP contribution in [0.25, 0.3) is 0 Å². The van der Waals surface area contributed by atoms with Gasteiger partial charge in [-0.25, -0.2) is 18.6 Å². The number of amides is 2. The normalized spacial score (nSPS) is 20.2. The van der Waals surface area contributed by atoms with Crippen LogP contribution in [0.15, 0.2) is 42.6 Å². The van der Waals surface area contributed by atoms with E-state index in [2.05, 4.69) is 15.3 Å². The van der Waals surface area contributed by atoms with E-state index in [-0.39, 0.29) is 46.3 Å². The van der Waals surface area contributed by atoms with Gasteiger partial charge in [0.15, 0.2) is 17.2 Å². The number of ether oxygens (including phenoxy) is 1. The first-order valence-electron chi connectivity index (χ1n) is 11.4. The standard InChI is InChI=1S/C25H23ClF2N4O3/c1-2-16(14-4-6-15(27)7-5-14)19-12-29-22(30-19)23(33)32-11-3-10-25(13-32)20-18(31-24(34)35-25)9-8-17(26)21(20)28/h4-9,12,16H,2-3,10-11,13H2,1H3,(H,29,30)(H,31,34)/t16-,25+/m1/s1. The molecule has 1 fully saturated rings. The van der Waals surface area contributed by atoms with Crippen molar-refractivity contribution in [3.63, 3.8) is 0 Å². The van der Waals surface area contributed by atoms with Crippen molar-refractivity contribution in [1.82, 2.24) is 14.9 Å². The zero-order valence-electron chi connectivity index (χ0n) is 18.9. The summed E-state index contributed by atoms with van der Waals surface area (Å²) in [7, 11) is 0. The molecule has 5 rings (SSSR count). The van der Waals surface area contributed by atoms with Crippen LogP contribution in [0.1, 0.15) is 59.5 Å². The van der Waals surface area contributed by atoms with Crippen molar-refractivity contribution in [2.24, 2.45) is 0 Å². The Bertz CT molecular complexity index is 1300. The van der Waals surface area contributed by atoms with E-state index in [1.54, 1.807) is 18.3 Å². The molecular formula is C25H23ClF2N4O3. The second kappa shape index (κ2) is 8.96. The van der Waals surface area contributed by atoms with Crippen molar-refractivity contribution in [1.29, 1.82) is 0 Å². The third-order valence-electron chi connectivity index (χ3n) is 6.67. The highest BCUT2D eigenvalue weighted by molar-refractivity contribution is 6.31. The Hall–Kier alpha value is -3.46. The lowest BCUT2D eigenvalue weighted by Gasteiger charge is -2.44. The van der Waals surface area contributed by atoms with Crippen LogP contribution in [0, 0.1) is 11.6 Å². The van der Waals surface area contributed by atoms with Gasteiger partial charge in [0.25, 0.3) is 5.91 Å². The maximum absolute atomic E-state index is 15.1. The molecule has 1 aromatic heterocycles. The van der Waals surface area contributed by atoms with E-state index in [4.69, 9.17) is 16.3 Å². The average molecular weight is 501 g/mol. The first-order chi connectivity index (χ1) is 16.8. The topological polar surface area (TPSA) is 87.3 Å². The molecule has 3 heterocycles. The zero-order valence-corrected chi connectivity index (χ0v) is 19.7. The highest BCUT2D eigenvalue weighted by Gasteiger charge is 2.48. The summed E-state index contributed by atoms with van der Waals surface area (Å²) in [6.07, 6.45) is 2.45. The lowest BCUT2D eigenvalue weighted by molar-refractivity contribution is -0.0420. The lowest BCUT2D eigenvalue weighted by Crippen LogP contribution is -2.53. The number of rotatable bonds is 4. The van der Waals surface area contributed by atoms with E-state index >= 15 is 4.39 Å². The van der Waals surface area contributed by atoms with E-state index in [9.17, 15) is 14.0 Å². The number of likely N-dealkylation sites (tertiary alicyclic amines) is 1. The number of nitrogens with zero attached hydrogens (tertiary/aromatic N) is 2. The predicted molar refractivity (Wildman–Crippen MR) is 125 cm³/mol. The van der Waals surface area contributed by atoms with Gasteiger partial charge >= 0.3 is 6.09 Å². The van der Waals surface area contributed by atoms with Gasteiger partial charge in [-0.05, 0) is 49.1 Å². The van der Waals surface area contributed by atoms with Crippen molar-refractivity contribution in [2.75, 3.05) is 18.4 Å². The quantitative estimate of drug-likeness (QED) is 0.490. The number of imidazole rings is 1. The van der Waals surface area contributed by atoms with E-state index in [1.807, 2.05) is 6.92 Å². The molecule has 0 saturated carbocycles. The molecule has 0 radical (unpaired) electrons. The maximum atomic E-state index is 15.1. The second-order valence-electron chi connectivity index (χ2n) is 8.82. The van der Waals surface area contributed by atoms with Crippen molar-refractivity contribution in [3.8, 4) is 0 Å². The number of hydrogen-bond acceptors (Lipinski definition) is 4. The fraction of sp³-hybridized carbons (Fsp3) is 0.320. The van der Waals surface area contributed by atoms with Gasteiger partial charge in [-0.1, -0.05) is 30.7 Å². The van der Waals surface area contributed by atoms with Crippen molar-refractivity contribution in [2.45, 2.75) is 37.7 Å². The molecule has 2 aromatic carbocycles. The molecule has 10 heteroatoms. The van der Waals surface area contributed by atoms with Crippen LogP contribution < -0.4 is 5.32 Å². The van der Waals surface area contributed by atoms with Gasteiger partial charge in [0.2, 0.25) is 0 Å². The molecule has 0 unspecified atom stereocenters. The maximum Gasteiger partial charge on any atom is 0.412 e. The van der Waals surface area contributed by atoms with Crippen LogP contribution in [0.5, 0.6) is 0 Å². The Balaban J connectivity index is 1.42. The molecule has 2 amide bonds. The van der Waals surface area contributed by atoms with Gasteiger partial charge in [0.05, 0.1) is 22.8 Å². The molecule has 2 atom stereocenters. The van der Waals surface area contributed by atoms with Gasteiger partial charge in [0.1, 0.15) is 5.82 Å². The minimum Gasteiger partial charge on any atom is -0.436 e. The van der Waals surface area contributed by atoms with Gasteiger partial charge < -0.3 is 14.6 Å². The van der Waals surface area contributed by atoms with Crippen LogP contribution in [-0.2, 0) is 10.3 Å². The van der Waals surface area contributed by atoms with Crippen LogP contribution in [0.2, 0.25) is 5.02 Å². The fourth-order valence-corrected chi connectivity index (χ4v) is 5.21. The largest absolute Gasteiger partial charge is 0.436 e. The van der Waals surface area contributed by atoms with E-state index in [0.717, 1.165) is 11.3 Å². The number of nitrogens with one attached hydrogen (secondary N) is 2. The monoisotopic (exact) mass is 500 g/mol. The number of piperidine rings is 1. The predicted octanol–water partition coefficient (Wildman–Crippen LogP) is 5.58. The highest BCUT2D eigenvalue weighted by atomic mass is 35.5. The van der Waals surface area contributed by atoms with Gasteiger partial charge in [-0.2, -0.15) is 0 Å². The van der Waals surface area contributed by atoms with Crippen LogP contribution in [-0.4, -0.2) is 40.0 Å². The number of aromatic amines is 1. The van der Waals surface area contributed by atoms with Crippen LogP contribution in [0.4, 0.5) is 19.3 Å². The van der Waals surface area contributed by atoms with Crippen molar-refractivity contribution >= 4 is 29.3 Å². The molecule has 1 spiro atoms. The minimum atomic E-state index is -1.35. The summed E-state index contributed by atoms with van der Waals surface area (Å²) in [4.78, 5) is 34.6. The van der Waals surface area contributed by atoms with Crippen molar-refractivity contribution < 1.29 is 23.1 Å². The number of benzene rings is 2. The number of carbonyl (C=O) groups excluding carboxylic acids is 2. The third-order valence-corrected chi connectivity index (χ3v) is 6.96. The van der Waals surface area contributed by atoms with Gasteiger partial charge in [0, 0.05) is 24.4 Å². The second-order valence-corrected chi connectivity index (χ2v) is 9.23. The Morgan fingerprint density at radius 2 is 2.03 bits per heavy atom. The number of carbonyl (C=O) groups is 2. The lowest BCUT2D eigenvalue weighted by atomic mass is 9.83. The Morgan fingerprint density at radius 1 is 1.26 bits per heavy atom. The Labute approximate surface area is 205 Å². The Morgan fingerprint density at radius 3 is 2.77 bits per heavy atom. The van der Waals surface area contributed by atoms with E-state index < -0.39 is 17.5 Å². The molecular weight excluding hydrogens is 478 g/mol.